The summed E-state index contributed by atoms with van der Waals surface area (Å²) in [6, 6.07) is 17.4. The summed E-state index contributed by atoms with van der Waals surface area (Å²) in [5.74, 6) is 0.926. The molecule has 0 aliphatic carbocycles. The molecule has 2 amide bonds. The largest absolute Gasteiger partial charge is 0.353 e. The topological polar surface area (TPSA) is 52.9 Å². The molecule has 0 saturated carbocycles. The normalized spacial score (nSPS) is 14.8. The lowest BCUT2D eigenvalue weighted by Gasteiger charge is -2.24. The summed E-state index contributed by atoms with van der Waals surface area (Å²) in [6.45, 7) is 2.88. The minimum Gasteiger partial charge on any atom is -0.353 e. The number of nitrogens with zero attached hydrogens (tertiary/aromatic N) is 4. The van der Waals surface area contributed by atoms with Gasteiger partial charge in [-0.25, -0.2) is 9.78 Å². The lowest BCUT2D eigenvalue weighted by atomic mass is 10.2. The van der Waals surface area contributed by atoms with Gasteiger partial charge in [0.15, 0.2) is 5.82 Å². The number of rotatable bonds is 2. The first-order valence-electron chi connectivity index (χ1n) is 10.2. The summed E-state index contributed by atoms with van der Waals surface area (Å²) < 4.78 is 3.13. The van der Waals surface area contributed by atoms with Crippen molar-refractivity contribution in [3.63, 3.8) is 0 Å². The lowest BCUT2D eigenvalue weighted by molar-refractivity contribution is 0.215. The number of anilines is 2. The van der Waals surface area contributed by atoms with Crippen LogP contribution >= 0.6 is 27.5 Å². The third-order valence-corrected chi connectivity index (χ3v) is 6.34. The number of fused-ring (bicyclic) bond motifs is 3. The van der Waals surface area contributed by atoms with Crippen molar-refractivity contribution in [3.05, 3.63) is 70.3 Å². The van der Waals surface area contributed by atoms with Crippen molar-refractivity contribution in [2.75, 3.05) is 36.4 Å². The van der Waals surface area contributed by atoms with Crippen LogP contribution in [0.5, 0.6) is 0 Å². The SMILES string of the molecule is O=C(Nc1ccc(Br)cc1)N1CCCN(c2nc3cc(Cl)ccc3n3cccc23)CC1. The first-order valence-corrected chi connectivity index (χ1v) is 11.4. The molecule has 158 valence electrons. The number of hydrogen-bond donors (Lipinski definition) is 1. The van der Waals surface area contributed by atoms with E-state index in [0.29, 0.717) is 24.7 Å². The van der Waals surface area contributed by atoms with Gasteiger partial charge in [0.1, 0.15) is 0 Å². The molecule has 0 spiro atoms. The van der Waals surface area contributed by atoms with Crippen molar-refractivity contribution in [2.45, 2.75) is 6.42 Å². The zero-order chi connectivity index (χ0) is 21.4. The second-order valence-electron chi connectivity index (χ2n) is 7.60. The van der Waals surface area contributed by atoms with Crippen LogP contribution in [0.1, 0.15) is 6.42 Å². The molecule has 6 nitrogen and oxygen atoms in total. The number of urea groups is 1. The molecule has 0 radical (unpaired) electrons. The van der Waals surface area contributed by atoms with E-state index in [0.717, 1.165) is 45.5 Å². The van der Waals surface area contributed by atoms with Gasteiger partial charge in [0, 0.05) is 47.6 Å². The molecule has 1 aliphatic heterocycles. The zero-order valence-corrected chi connectivity index (χ0v) is 19.1. The molecule has 3 heterocycles. The molecule has 8 heteroatoms. The maximum atomic E-state index is 12.8. The van der Waals surface area contributed by atoms with Crippen LogP contribution in [-0.4, -0.2) is 46.5 Å². The predicted octanol–water partition coefficient (Wildman–Crippen LogP) is 5.65. The Morgan fingerprint density at radius 2 is 1.84 bits per heavy atom. The van der Waals surface area contributed by atoms with Crippen LogP contribution in [0, 0.1) is 0 Å². The molecule has 2 aromatic carbocycles. The van der Waals surface area contributed by atoms with E-state index in [9.17, 15) is 4.79 Å². The predicted molar refractivity (Wildman–Crippen MR) is 129 cm³/mol. The maximum absolute atomic E-state index is 12.8. The highest BCUT2D eigenvalue weighted by Gasteiger charge is 2.22. The molecule has 2 aromatic heterocycles. The highest BCUT2D eigenvalue weighted by molar-refractivity contribution is 9.10. The molecule has 31 heavy (non-hydrogen) atoms. The van der Waals surface area contributed by atoms with E-state index in [1.807, 2.05) is 59.6 Å². The highest BCUT2D eigenvalue weighted by atomic mass is 79.9. The standard InChI is InChI=1S/C23H21BrClN5O/c24-16-4-7-18(8-5-16)26-23(31)29-11-2-10-28(13-14-29)22-21-3-1-12-30(21)20-9-6-17(25)15-19(20)27-22/h1,3-9,12,15H,2,10-11,13-14H2,(H,26,31). The minimum atomic E-state index is -0.0738. The van der Waals surface area contributed by atoms with E-state index in [1.54, 1.807) is 0 Å². The van der Waals surface area contributed by atoms with E-state index < -0.39 is 0 Å². The van der Waals surface area contributed by atoms with Gasteiger partial charge in [-0.1, -0.05) is 27.5 Å². The molecule has 1 N–H and O–H groups in total. The van der Waals surface area contributed by atoms with Crippen LogP contribution in [0.25, 0.3) is 16.6 Å². The third-order valence-electron chi connectivity index (χ3n) is 5.58. The van der Waals surface area contributed by atoms with Crippen molar-refractivity contribution < 1.29 is 4.79 Å². The number of amides is 2. The van der Waals surface area contributed by atoms with Crippen molar-refractivity contribution >= 4 is 61.6 Å². The average molecular weight is 499 g/mol. The number of aromatic nitrogens is 2. The third kappa shape index (κ3) is 4.07. The molecular weight excluding hydrogens is 478 g/mol. The molecule has 1 aliphatic rings. The second kappa shape index (κ2) is 8.40. The van der Waals surface area contributed by atoms with E-state index in [4.69, 9.17) is 16.6 Å². The molecular formula is C23H21BrClN5O. The number of nitrogens with one attached hydrogen (secondary N) is 1. The Hall–Kier alpha value is -2.77. The molecule has 4 aromatic rings. The Kier molecular flexibility index (Phi) is 5.46. The van der Waals surface area contributed by atoms with Crippen LogP contribution in [0.15, 0.2) is 65.3 Å². The Morgan fingerprint density at radius 3 is 2.68 bits per heavy atom. The first kappa shape index (κ1) is 20.2. The molecule has 1 saturated heterocycles. The summed E-state index contributed by atoms with van der Waals surface area (Å²) in [4.78, 5) is 21.9. The van der Waals surface area contributed by atoms with E-state index >= 15 is 0 Å². The van der Waals surface area contributed by atoms with Gasteiger partial charge in [-0.05, 0) is 61.0 Å². The lowest BCUT2D eigenvalue weighted by Crippen LogP contribution is -2.38. The summed E-state index contributed by atoms with van der Waals surface area (Å²) in [7, 11) is 0. The van der Waals surface area contributed by atoms with Crippen LogP contribution in [0.3, 0.4) is 0 Å². The zero-order valence-electron chi connectivity index (χ0n) is 16.8. The quantitative estimate of drug-likeness (QED) is 0.389. The Labute approximate surface area is 193 Å². The van der Waals surface area contributed by atoms with Crippen LogP contribution in [0.4, 0.5) is 16.3 Å². The maximum Gasteiger partial charge on any atom is 0.321 e. The molecule has 1 fully saturated rings. The second-order valence-corrected chi connectivity index (χ2v) is 8.95. The number of carbonyl (C=O) groups is 1. The van der Waals surface area contributed by atoms with Gasteiger partial charge >= 0.3 is 6.03 Å². The van der Waals surface area contributed by atoms with E-state index in [1.165, 1.54) is 0 Å². The summed E-state index contributed by atoms with van der Waals surface area (Å²) >= 11 is 9.64. The van der Waals surface area contributed by atoms with Gasteiger partial charge in [-0.3, -0.25) is 0 Å². The van der Waals surface area contributed by atoms with Crippen molar-refractivity contribution in [2.24, 2.45) is 0 Å². The van der Waals surface area contributed by atoms with Crippen LogP contribution in [0.2, 0.25) is 5.02 Å². The van der Waals surface area contributed by atoms with Gasteiger partial charge in [0.2, 0.25) is 0 Å². The van der Waals surface area contributed by atoms with Crippen molar-refractivity contribution in [1.29, 1.82) is 0 Å². The molecule has 0 bridgehead atoms. The van der Waals surface area contributed by atoms with Crippen molar-refractivity contribution in [3.8, 4) is 0 Å². The Balaban J connectivity index is 1.37. The molecule has 0 atom stereocenters. The summed E-state index contributed by atoms with van der Waals surface area (Å²) in [5.41, 5.74) is 3.73. The van der Waals surface area contributed by atoms with Gasteiger partial charge in [-0.2, -0.15) is 0 Å². The van der Waals surface area contributed by atoms with Crippen molar-refractivity contribution in [1.82, 2.24) is 14.3 Å². The van der Waals surface area contributed by atoms with Gasteiger partial charge in [0.25, 0.3) is 0 Å². The number of benzene rings is 2. The summed E-state index contributed by atoms with van der Waals surface area (Å²) in [6.07, 6.45) is 2.92. The fraction of sp³-hybridized carbons (Fsp3) is 0.217. The van der Waals surface area contributed by atoms with E-state index in [2.05, 4.69) is 36.6 Å². The fourth-order valence-corrected chi connectivity index (χ4v) is 4.47. The average Bonchev–Trinajstić information content (AvgIpc) is 3.12. The molecule has 0 unspecified atom stereocenters. The highest BCUT2D eigenvalue weighted by Crippen LogP contribution is 2.28. The monoisotopic (exact) mass is 497 g/mol. The van der Waals surface area contributed by atoms with Gasteiger partial charge in [-0.15, -0.1) is 0 Å². The Morgan fingerprint density at radius 1 is 1.00 bits per heavy atom. The van der Waals surface area contributed by atoms with E-state index in [-0.39, 0.29) is 6.03 Å². The minimum absolute atomic E-state index is 0.0738. The van der Waals surface area contributed by atoms with Gasteiger partial charge < -0.3 is 19.5 Å². The Bertz CT molecular complexity index is 1260. The fourth-order valence-electron chi connectivity index (χ4n) is 4.04. The number of carbonyl (C=O) groups excluding carboxylic acids is 1. The first-order chi connectivity index (χ1) is 15.1. The summed E-state index contributed by atoms with van der Waals surface area (Å²) in [5, 5.41) is 3.66. The van der Waals surface area contributed by atoms with Gasteiger partial charge in [0.05, 0.1) is 16.6 Å². The van der Waals surface area contributed by atoms with Crippen LogP contribution < -0.4 is 10.2 Å². The molecule has 5 rings (SSSR count). The number of hydrogen-bond acceptors (Lipinski definition) is 3. The number of halogens is 2. The van der Waals surface area contributed by atoms with Crippen LogP contribution in [-0.2, 0) is 0 Å². The smallest absolute Gasteiger partial charge is 0.321 e.